The second kappa shape index (κ2) is 8.45. The largest absolute Gasteiger partial charge is 0.336 e. The number of halogens is 1. The van der Waals surface area contributed by atoms with Gasteiger partial charge in [-0.2, -0.15) is 4.31 Å². The zero-order valence-corrected chi connectivity index (χ0v) is 18.6. The van der Waals surface area contributed by atoms with Crippen molar-refractivity contribution in [2.75, 3.05) is 26.2 Å². The Kier molecular flexibility index (Phi) is 5.85. The lowest BCUT2D eigenvalue weighted by atomic mass is 10.1. The maximum absolute atomic E-state index is 13.1. The van der Waals surface area contributed by atoms with Crippen molar-refractivity contribution < 1.29 is 18.1 Å². The zero-order valence-electron chi connectivity index (χ0n) is 17.1. The third kappa shape index (κ3) is 4.16. The summed E-state index contributed by atoms with van der Waals surface area (Å²) < 4.78 is 27.1. The van der Waals surface area contributed by atoms with E-state index in [1.54, 1.807) is 36.1 Å². The number of nitrogens with zero attached hydrogens (tertiary/aromatic N) is 4. The summed E-state index contributed by atoms with van der Waals surface area (Å²) in [6.45, 7) is 2.33. The van der Waals surface area contributed by atoms with E-state index in [-0.39, 0.29) is 42.7 Å². The quantitative estimate of drug-likeness (QED) is 0.423. The van der Waals surface area contributed by atoms with E-state index in [9.17, 15) is 23.3 Å². The Hall–Kier alpha value is -3.08. The second-order valence-electron chi connectivity index (χ2n) is 7.41. The van der Waals surface area contributed by atoms with Crippen LogP contribution in [0.3, 0.4) is 0 Å². The molecule has 2 heterocycles. The molecule has 0 spiro atoms. The molecule has 0 radical (unpaired) electrons. The number of nitro benzene ring substituents is 1. The van der Waals surface area contributed by atoms with Gasteiger partial charge in [0.15, 0.2) is 0 Å². The van der Waals surface area contributed by atoms with Crippen LogP contribution in [0.4, 0.5) is 5.69 Å². The van der Waals surface area contributed by atoms with Crippen LogP contribution in [0.2, 0.25) is 5.02 Å². The minimum Gasteiger partial charge on any atom is -0.336 e. The molecule has 0 aliphatic carbocycles. The molecule has 9 nitrogen and oxygen atoms in total. The van der Waals surface area contributed by atoms with Gasteiger partial charge < -0.3 is 4.90 Å². The van der Waals surface area contributed by atoms with Gasteiger partial charge in [-0.1, -0.05) is 23.7 Å². The Labute approximate surface area is 189 Å². The molecular weight excluding hydrogens is 456 g/mol. The monoisotopic (exact) mass is 474 g/mol. The number of rotatable bonds is 4. The molecular formula is C21H19ClN4O5S. The molecule has 0 N–H and O–H groups in total. The molecule has 0 saturated carbocycles. The van der Waals surface area contributed by atoms with Crippen molar-refractivity contribution in [3.05, 3.63) is 74.9 Å². The van der Waals surface area contributed by atoms with Gasteiger partial charge in [-0.05, 0) is 31.2 Å². The van der Waals surface area contributed by atoms with Crippen molar-refractivity contribution in [1.82, 2.24) is 14.2 Å². The number of aromatic nitrogens is 1. The van der Waals surface area contributed by atoms with Crippen molar-refractivity contribution in [1.29, 1.82) is 0 Å². The minimum atomic E-state index is -3.91. The standard InChI is InChI=1S/C21H19ClN4O5S/c1-14-19(11-15-5-6-16(22)12-20(15)23-14)21(27)24-7-9-25(10-8-24)32(30,31)18-4-2-3-17(13-18)26(28)29/h2-6,11-13H,7-10H2,1H3. The van der Waals surface area contributed by atoms with E-state index in [1.807, 2.05) is 0 Å². The van der Waals surface area contributed by atoms with Crippen molar-refractivity contribution >= 4 is 44.1 Å². The van der Waals surface area contributed by atoms with Gasteiger partial charge in [0.1, 0.15) is 0 Å². The van der Waals surface area contributed by atoms with Gasteiger partial charge in [0.05, 0.1) is 26.6 Å². The third-order valence-electron chi connectivity index (χ3n) is 5.39. The van der Waals surface area contributed by atoms with Crippen LogP contribution in [0.25, 0.3) is 10.9 Å². The number of non-ortho nitro benzene ring substituents is 1. The molecule has 1 aromatic heterocycles. The fourth-order valence-electron chi connectivity index (χ4n) is 3.66. The van der Waals surface area contributed by atoms with Crippen LogP contribution in [0.1, 0.15) is 16.1 Å². The number of hydrogen-bond acceptors (Lipinski definition) is 6. The second-order valence-corrected chi connectivity index (χ2v) is 9.78. The molecule has 2 aromatic carbocycles. The van der Waals surface area contributed by atoms with Crippen molar-refractivity contribution in [2.24, 2.45) is 0 Å². The Morgan fingerprint density at radius 2 is 1.81 bits per heavy atom. The molecule has 32 heavy (non-hydrogen) atoms. The number of piperazine rings is 1. The van der Waals surface area contributed by atoms with E-state index in [4.69, 9.17) is 11.6 Å². The highest BCUT2D eigenvalue weighted by Crippen LogP contribution is 2.24. The van der Waals surface area contributed by atoms with Crippen LogP contribution in [-0.2, 0) is 10.0 Å². The molecule has 0 unspecified atom stereocenters. The Morgan fingerprint density at radius 1 is 1.09 bits per heavy atom. The summed E-state index contributed by atoms with van der Waals surface area (Å²) in [4.78, 5) is 29.4. The molecule has 0 atom stereocenters. The Morgan fingerprint density at radius 3 is 2.50 bits per heavy atom. The van der Waals surface area contributed by atoms with Gasteiger partial charge in [0.25, 0.3) is 11.6 Å². The topological polar surface area (TPSA) is 114 Å². The van der Waals surface area contributed by atoms with E-state index in [1.165, 1.54) is 22.5 Å². The zero-order chi connectivity index (χ0) is 23.0. The van der Waals surface area contributed by atoms with Crippen LogP contribution in [-0.4, -0.2) is 59.6 Å². The first kappa shape index (κ1) is 22.1. The average molecular weight is 475 g/mol. The van der Waals surface area contributed by atoms with Crippen molar-refractivity contribution in [2.45, 2.75) is 11.8 Å². The van der Waals surface area contributed by atoms with Gasteiger partial charge in [0, 0.05) is 48.7 Å². The highest BCUT2D eigenvalue weighted by atomic mass is 35.5. The molecule has 1 aliphatic heterocycles. The van der Waals surface area contributed by atoms with Gasteiger partial charge in [-0.15, -0.1) is 0 Å². The maximum Gasteiger partial charge on any atom is 0.270 e. The summed E-state index contributed by atoms with van der Waals surface area (Å²) in [6, 6.07) is 12.0. The number of sulfonamides is 1. The van der Waals surface area contributed by atoms with Crippen molar-refractivity contribution in [3.8, 4) is 0 Å². The molecule has 1 aliphatic rings. The van der Waals surface area contributed by atoms with Crippen LogP contribution in [0, 0.1) is 17.0 Å². The minimum absolute atomic E-state index is 0.0897. The predicted octanol–water partition coefficient (Wildman–Crippen LogP) is 3.25. The molecule has 11 heteroatoms. The Bertz CT molecular complexity index is 1340. The number of fused-ring (bicyclic) bond motifs is 1. The number of amides is 1. The number of hydrogen-bond donors (Lipinski definition) is 0. The summed E-state index contributed by atoms with van der Waals surface area (Å²) >= 11 is 6.01. The summed E-state index contributed by atoms with van der Waals surface area (Å²) in [7, 11) is -3.91. The summed E-state index contributed by atoms with van der Waals surface area (Å²) in [5.41, 5.74) is 1.42. The first-order valence-electron chi connectivity index (χ1n) is 9.77. The lowest BCUT2D eigenvalue weighted by molar-refractivity contribution is -0.385. The lowest BCUT2D eigenvalue weighted by Gasteiger charge is -2.34. The molecule has 1 fully saturated rings. The summed E-state index contributed by atoms with van der Waals surface area (Å²) in [5, 5.41) is 12.3. The highest BCUT2D eigenvalue weighted by Gasteiger charge is 2.31. The first-order valence-corrected chi connectivity index (χ1v) is 11.6. The number of aryl methyl sites for hydroxylation is 1. The molecule has 1 saturated heterocycles. The number of benzene rings is 2. The van der Waals surface area contributed by atoms with E-state index in [2.05, 4.69) is 4.98 Å². The normalized spacial score (nSPS) is 15.1. The third-order valence-corrected chi connectivity index (χ3v) is 7.52. The molecule has 166 valence electrons. The summed E-state index contributed by atoms with van der Waals surface area (Å²) in [6.07, 6.45) is 0. The van der Waals surface area contributed by atoms with Crippen LogP contribution < -0.4 is 0 Å². The van der Waals surface area contributed by atoms with E-state index >= 15 is 0 Å². The highest BCUT2D eigenvalue weighted by molar-refractivity contribution is 7.89. The van der Waals surface area contributed by atoms with Gasteiger partial charge in [-0.25, -0.2) is 8.42 Å². The number of pyridine rings is 1. The predicted molar refractivity (Wildman–Crippen MR) is 119 cm³/mol. The molecule has 4 rings (SSSR count). The van der Waals surface area contributed by atoms with E-state index in [0.717, 1.165) is 11.5 Å². The fourth-order valence-corrected chi connectivity index (χ4v) is 5.29. The van der Waals surface area contributed by atoms with Crippen LogP contribution in [0.15, 0.2) is 53.4 Å². The van der Waals surface area contributed by atoms with Gasteiger partial charge in [-0.3, -0.25) is 19.9 Å². The fraction of sp³-hybridized carbons (Fsp3) is 0.238. The Balaban J connectivity index is 1.51. The van der Waals surface area contributed by atoms with Crippen LogP contribution in [0.5, 0.6) is 0 Å². The van der Waals surface area contributed by atoms with E-state index in [0.29, 0.717) is 21.8 Å². The van der Waals surface area contributed by atoms with Gasteiger partial charge in [0.2, 0.25) is 10.0 Å². The number of nitro groups is 1. The first-order chi connectivity index (χ1) is 15.2. The number of carbonyl (C=O) groups excluding carboxylic acids is 1. The smallest absolute Gasteiger partial charge is 0.270 e. The van der Waals surface area contributed by atoms with E-state index < -0.39 is 14.9 Å². The number of carbonyl (C=O) groups is 1. The van der Waals surface area contributed by atoms with Crippen LogP contribution >= 0.6 is 11.6 Å². The SMILES string of the molecule is Cc1nc2cc(Cl)ccc2cc1C(=O)N1CCN(S(=O)(=O)c2cccc([N+](=O)[O-])c2)CC1. The maximum atomic E-state index is 13.1. The molecule has 3 aromatic rings. The summed E-state index contributed by atoms with van der Waals surface area (Å²) in [5.74, 6) is -0.223. The lowest BCUT2D eigenvalue weighted by Crippen LogP contribution is -2.50. The van der Waals surface area contributed by atoms with Crippen molar-refractivity contribution in [3.63, 3.8) is 0 Å². The average Bonchev–Trinajstić information content (AvgIpc) is 2.78. The molecule has 0 bridgehead atoms. The molecule has 1 amide bonds. The van der Waals surface area contributed by atoms with Gasteiger partial charge >= 0.3 is 0 Å².